The highest BCUT2D eigenvalue weighted by molar-refractivity contribution is 5.74. The van der Waals surface area contributed by atoms with E-state index < -0.39 is 11.6 Å². The van der Waals surface area contributed by atoms with Crippen molar-refractivity contribution in [2.24, 2.45) is 5.92 Å². The van der Waals surface area contributed by atoms with Gasteiger partial charge in [-0.1, -0.05) is 25.7 Å². The van der Waals surface area contributed by atoms with E-state index in [0.717, 1.165) is 38.4 Å². The summed E-state index contributed by atoms with van der Waals surface area (Å²) in [6.45, 7) is 2.15. The summed E-state index contributed by atoms with van der Waals surface area (Å²) >= 11 is 0. The zero-order valence-electron chi connectivity index (χ0n) is 14.6. The molecule has 1 heterocycles. The lowest BCUT2D eigenvalue weighted by molar-refractivity contribution is 0.234. The average Bonchev–Trinajstić information content (AvgIpc) is 2.93. The van der Waals surface area contributed by atoms with E-state index in [2.05, 4.69) is 10.6 Å². The van der Waals surface area contributed by atoms with Crippen molar-refractivity contribution in [2.45, 2.75) is 51.0 Å². The second-order valence-corrected chi connectivity index (χ2v) is 7.24. The van der Waals surface area contributed by atoms with Gasteiger partial charge in [-0.3, -0.25) is 0 Å². The zero-order valence-corrected chi connectivity index (χ0v) is 14.6. The van der Waals surface area contributed by atoms with E-state index in [9.17, 15) is 13.6 Å². The van der Waals surface area contributed by atoms with Crippen LogP contribution in [0.1, 0.15) is 44.9 Å². The maximum absolute atomic E-state index is 13.4. The Morgan fingerprint density at radius 1 is 1.08 bits per heavy atom. The summed E-state index contributed by atoms with van der Waals surface area (Å²) in [6, 6.07) is 4.22. The third kappa shape index (κ3) is 5.06. The average molecular weight is 351 g/mol. The molecule has 2 amide bonds. The number of anilines is 1. The molecule has 3 rings (SSSR count). The number of amides is 2. The highest BCUT2D eigenvalue weighted by Crippen LogP contribution is 2.25. The Kier molecular flexibility index (Phi) is 6.10. The quantitative estimate of drug-likeness (QED) is 0.810. The highest BCUT2D eigenvalue weighted by atomic mass is 19.2. The summed E-state index contributed by atoms with van der Waals surface area (Å²) in [7, 11) is 0. The Morgan fingerprint density at radius 2 is 1.84 bits per heavy atom. The fourth-order valence-electron chi connectivity index (χ4n) is 3.81. The van der Waals surface area contributed by atoms with Crippen molar-refractivity contribution in [3.63, 3.8) is 0 Å². The number of urea groups is 1. The fourth-order valence-corrected chi connectivity index (χ4v) is 3.81. The van der Waals surface area contributed by atoms with E-state index in [1.807, 2.05) is 4.90 Å². The minimum atomic E-state index is -0.823. The van der Waals surface area contributed by atoms with Crippen LogP contribution in [0.3, 0.4) is 0 Å². The number of nitrogens with one attached hydrogen (secondary N) is 2. The fraction of sp³-hybridized carbons (Fsp3) is 0.632. The van der Waals surface area contributed by atoms with Crippen LogP contribution >= 0.6 is 0 Å². The zero-order chi connectivity index (χ0) is 17.6. The molecule has 6 heteroatoms. The molecule has 1 atom stereocenters. The molecule has 1 aliphatic carbocycles. The molecule has 4 nitrogen and oxygen atoms in total. The molecule has 0 bridgehead atoms. The van der Waals surface area contributed by atoms with Crippen LogP contribution in [0.4, 0.5) is 19.3 Å². The van der Waals surface area contributed by atoms with Gasteiger partial charge in [0.2, 0.25) is 0 Å². The summed E-state index contributed by atoms with van der Waals surface area (Å²) < 4.78 is 26.4. The van der Waals surface area contributed by atoms with E-state index in [1.165, 1.54) is 31.7 Å². The maximum atomic E-state index is 13.4. The molecule has 138 valence electrons. The van der Waals surface area contributed by atoms with Gasteiger partial charge in [0, 0.05) is 37.4 Å². The molecule has 1 saturated heterocycles. The van der Waals surface area contributed by atoms with Crippen LogP contribution in [0.25, 0.3) is 0 Å². The van der Waals surface area contributed by atoms with Crippen molar-refractivity contribution in [3.05, 3.63) is 29.8 Å². The van der Waals surface area contributed by atoms with Gasteiger partial charge in [0.25, 0.3) is 0 Å². The molecule has 0 aromatic heterocycles. The molecule has 0 radical (unpaired) electrons. The highest BCUT2D eigenvalue weighted by Gasteiger charge is 2.24. The lowest BCUT2D eigenvalue weighted by Gasteiger charge is -2.20. The molecule has 1 saturated carbocycles. The molecule has 1 aromatic carbocycles. The van der Waals surface area contributed by atoms with Crippen LogP contribution in [0.2, 0.25) is 0 Å². The molecule has 2 N–H and O–H groups in total. The summed E-state index contributed by atoms with van der Waals surface area (Å²) in [5.74, 6) is -1.31. The number of carbonyl (C=O) groups is 1. The van der Waals surface area contributed by atoms with Crippen molar-refractivity contribution in [3.8, 4) is 0 Å². The first-order valence-corrected chi connectivity index (χ1v) is 9.36. The number of benzene rings is 1. The molecule has 1 unspecified atom stereocenters. The van der Waals surface area contributed by atoms with Crippen molar-refractivity contribution < 1.29 is 13.6 Å². The summed E-state index contributed by atoms with van der Waals surface area (Å²) in [4.78, 5) is 14.1. The van der Waals surface area contributed by atoms with Gasteiger partial charge in [0.15, 0.2) is 11.6 Å². The minimum Gasteiger partial charge on any atom is -0.371 e. The van der Waals surface area contributed by atoms with Gasteiger partial charge in [-0.25, -0.2) is 13.6 Å². The number of hydrogen-bond donors (Lipinski definition) is 2. The van der Waals surface area contributed by atoms with Gasteiger partial charge in [-0.05, 0) is 37.3 Å². The number of carbonyl (C=O) groups excluding carboxylic acids is 1. The van der Waals surface area contributed by atoms with Crippen molar-refractivity contribution in [1.82, 2.24) is 10.6 Å². The smallest absolute Gasteiger partial charge is 0.315 e. The largest absolute Gasteiger partial charge is 0.371 e. The lowest BCUT2D eigenvalue weighted by atomic mass is 10.1. The summed E-state index contributed by atoms with van der Waals surface area (Å²) in [5, 5.41) is 6.06. The van der Waals surface area contributed by atoms with Gasteiger partial charge in [0.05, 0.1) is 0 Å². The molecule has 0 spiro atoms. The van der Waals surface area contributed by atoms with Crippen LogP contribution in [0.5, 0.6) is 0 Å². The maximum Gasteiger partial charge on any atom is 0.315 e. The second-order valence-electron chi connectivity index (χ2n) is 7.24. The van der Waals surface area contributed by atoms with Crippen LogP contribution < -0.4 is 15.5 Å². The summed E-state index contributed by atoms with van der Waals surface area (Å²) in [5.41, 5.74) is 0.698. The molecule has 2 fully saturated rings. The Hall–Kier alpha value is -1.85. The van der Waals surface area contributed by atoms with Crippen LogP contribution in [0.15, 0.2) is 18.2 Å². The van der Waals surface area contributed by atoms with Crippen molar-refractivity contribution in [2.75, 3.05) is 24.5 Å². The Balaban J connectivity index is 1.42. The Labute approximate surface area is 148 Å². The number of halogens is 2. The first kappa shape index (κ1) is 18.0. The van der Waals surface area contributed by atoms with Crippen molar-refractivity contribution in [1.29, 1.82) is 0 Å². The molecular weight excluding hydrogens is 324 g/mol. The van der Waals surface area contributed by atoms with Gasteiger partial charge in [0.1, 0.15) is 0 Å². The van der Waals surface area contributed by atoms with Gasteiger partial charge in [-0.15, -0.1) is 0 Å². The monoisotopic (exact) mass is 351 g/mol. The molecular formula is C19H27F2N3O. The number of hydrogen-bond acceptors (Lipinski definition) is 2. The van der Waals surface area contributed by atoms with Gasteiger partial charge < -0.3 is 15.5 Å². The molecule has 25 heavy (non-hydrogen) atoms. The van der Waals surface area contributed by atoms with Gasteiger partial charge in [-0.2, -0.15) is 0 Å². The van der Waals surface area contributed by atoms with Crippen molar-refractivity contribution >= 4 is 11.7 Å². The molecule has 1 aliphatic heterocycles. The second kappa shape index (κ2) is 8.50. The lowest BCUT2D eigenvalue weighted by Crippen LogP contribution is -2.43. The standard InChI is InChI=1S/C19H27F2N3O/c20-17-8-7-16(11-18(17)21)24-10-9-14(13-24)12-22-19(25)23-15-5-3-1-2-4-6-15/h7-8,11,14-15H,1-6,9-10,12-13H2,(H2,22,23,25). The Morgan fingerprint density at radius 3 is 2.56 bits per heavy atom. The predicted octanol–water partition coefficient (Wildman–Crippen LogP) is 3.81. The normalized spacial score (nSPS) is 21.8. The Bertz CT molecular complexity index is 588. The van der Waals surface area contributed by atoms with E-state index in [1.54, 1.807) is 6.07 Å². The SMILES string of the molecule is O=C(NCC1CCN(c2ccc(F)c(F)c2)C1)NC1CCCCCC1. The first-order chi connectivity index (χ1) is 12.1. The van der Waals surface area contributed by atoms with Crippen LogP contribution in [-0.4, -0.2) is 31.7 Å². The predicted molar refractivity (Wildman–Crippen MR) is 94.7 cm³/mol. The minimum absolute atomic E-state index is 0.0850. The van der Waals surface area contributed by atoms with E-state index >= 15 is 0 Å². The van der Waals surface area contributed by atoms with E-state index in [0.29, 0.717) is 24.2 Å². The van der Waals surface area contributed by atoms with Crippen LogP contribution in [0, 0.1) is 17.6 Å². The molecule has 1 aromatic rings. The first-order valence-electron chi connectivity index (χ1n) is 9.36. The molecule has 2 aliphatic rings. The van der Waals surface area contributed by atoms with E-state index in [-0.39, 0.29) is 6.03 Å². The van der Waals surface area contributed by atoms with E-state index in [4.69, 9.17) is 0 Å². The number of rotatable bonds is 4. The van der Waals surface area contributed by atoms with Crippen LogP contribution in [-0.2, 0) is 0 Å². The third-order valence-electron chi connectivity index (χ3n) is 5.30. The topological polar surface area (TPSA) is 44.4 Å². The van der Waals surface area contributed by atoms with Gasteiger partial charge >= 0.3 is 6.03 Å². The summed E-state index contributed by atoms with van der Waals surface area (Å²) in [6.07, 6.45) is 7.99. The number of nitrogens with zero attached hydrogens (tertiary/aromatic N) is 1. The third-order valence-corrected chi connectivity index (χ3v) is 5.30.